The van der Waals surface area contributed by atoms with E-state index in [9.17, 15) is 4.79 Å². The summed E-state index contributed by atoms with van der Waals surface area (Å²) in [6.07, 6.45) is 2.13. The number of aryl methyl sites for hydroxylation is 2. The number of methoxy groups -OCH3 is 1. The molecule has 0 fully saturated rings. The third-order valence-electron chi connectivity index (χ3n) is 3.09. The van der Waals surface area contributed by atoms with Gasteiger partial charge in [-0.05, 0) is 43.9 Å². The Hall–Kier alpha value is -1.55. The predicted octanol–water partition coefficient (Wildman–Crippen LogP) is 2.48. The van der Waals surface area contributed by atoms with E-state index in [1.807, 2.05) is 26.0 Å². The topological polar surface area (TPSA) is 47.6 Å². The zero-order valence-electron chi connectivity index (χ0n) is 12.7. The van der Waals surface area contributed by atoms with Gasteiger partial charge in [0, 0.05) is 26.2 Å². The summed E-state index contributed by atoms with van der Waals surface area (Å²) in [6.45, 7) is 6.09. The summed E-state index contributed by atoms with van der Waals surface area (Å²) in [4.78, 5) is 11.7. The summed E-state index contributed by atoms with van der Waals surface area (Å²) in [5.41, 5.74) is 2.26. The summed E-state index contributed by atoms with van der Waals surface area (Å²) in [7, 11) is 1.66. The van der Waals surface area contributed by atoms with Gasteiger partial charge in [0.25, 0.3) is 0 Å². The van der Waals surface area contributed by atoms with Gasteiger partial charge in [0.05, 0.1) is 7.11 Å². The Labute approximate surface area is 121 Å². The molecule has 1 aromatic rings. The minimum absolute atomic E-state index is 0.0926. The molecule has 4 nitrogen and oxygen atoms in total. The van der Waals surface area contributed by atoms with Crippen molar-refractivity contribution in [2.45, 2.75) is 33.1 Å². The largest absolute Gasteiger partial charge is 0.496 e. The molecular formula is C16H25NO3. The summed E-state index contributed by atoms with van der Waals surface area (Å²) < 4.78 is 10.4. The van der Waals surface area contributed by atoms with E-state index in [1.54, 1.807) is 7.11 Å². The highest BCUT2D eigenvalue weighted by molar-refractivity contribution is 5.76. The van der Waals surface area contributed by atoms with E-state index in [4.69, 9.17) is 9.47 Å². The second-order valence-corrected chi connectivity index (χ2v) is 4.70. The Morgan fingerprint density at radius 3 is 2.80 bits per heavy atom. The van der Waals surface area contributed by atoms with Gasteiger partial charge < -0.3 is 14.8 Å². The molecule has 0 aliphatic rings. The van der Waals surface area contributed by atoms with Crippen LogP contribution in [0.3, 0.4) is 0 Å². The molecule has 1 amide bonds. The van der Waals surface area contributed by atoms with Crippen molar-refractivity contribution in [3.63, 3.8) is 0 Å². The summed E-state index contributed by atoms with van der Waals surface area (Å²) in [5.74, 6) is 0.976. The molecule has 20 heavy (non-hydrogen) atoms. The molecule has 0 heterocycles. The molecule has 0 atom stereocenters. The average Bonchev–Trinajstić information content (AvgIpc) is 2.45. The van der Waals surface area contributed by atoms with E-state index < -0.39 is 0 Å². The van der Waals surface area contributed by atoms with Gasteiger partial charge in [-0.2, -0.15) is 0 Å². The Morgan fingerprint density at radius 2 is 2.15 bits per heavy atom. The zero-order chi connectivity index (χ0) is 14.8. The van der Waals surface area contributed by atoms with Crippen molar-refractivity contribution in [3.8, 4) is 5.75 Å². The number of amides is 1. The lowest BCUT2D eigenvalue weighted by atomic mass is 10.1. The molecule has 1 aromatic carbocycles. The number of hydrogen-bond donors (Lipinski definition) is 1. The monoisotopic (exact) mass is 279 g/mol. The van der Waals surface area contributed by atoms with Crippen molar-refractivity contribution < 1.29 is 14.3 Å². The molecule has 0 aliphatic heterocycles. The fraction of sp³-hybridized carbons (Fsp3) is 0.562. The van der Waals surface area contributed by atoms with Crippen LogP contribution in [0.5, 0.6) is 5.75 Å². The van der Waals surface area contributed by atoms with Crippen LogP contribution in [0.15, 0.2) is 18.2 Å². The minimum Gasteiger partial charge on any atom is -0.496 e. The van der Waals surface area contributed by atoms with Crippen molar-refractivity contribution in [2.24, 2.45) is 0 Å². The molecule has 0 saturated heterocycles. The molecule has 0 radical (unpaired) electrons. The quantitative estimate of drug-likeness (QED) is 0.706. The van der Waals surface area contributed by atoms with Crippen molar-refractivity contribution in [3.05, 3.63) is 29.3 Å². The smallest absolute Gasteiger partial charge is 0.220 e. The van der Waals surface area contributed by atoms with E-state index in [0.717, 1.165) is 36.3 Å². The first-order valence-electron chi connectivity index (χ1n) is 7.15. The molecule has 0 spiro atoms. The average molecular weight is 279 g/mol. The van der Waals surface area contributed by atoms with Crippen LogP contribution in [0.1, 0.15) is 30.9 Å². The van der Waals surface area contributed by atoms with Gasteiger partial charge >= 0.3 is 0 Å². The highest BCUT2D eigenvalue weighted by Crippen LogP contribution is 2.19. The summed E-state index contributed by atoms with van der Waals surface area (Å²) in [6, 6.07) is 6.03. The van der Waals surface area contributed by atoms with Gasteiger partial charge in [-0.15, -0.1) is 0 Å². The Morgan fingerprint density at radius 1 is 1.35 bits per heavy atom. The van der Waals surface area contributed by atoms with Crippen LogP contribution in [0.25, 0.3) is 0 Å². The van der Waals surface area contributed by atoms with E-state index in [1.165, 1.54) is 0 Å². The molecular weight excluding hydrogens is 254 g/mol. The number of benzene rings is 1. The fourth-order valence-electron chi connectivity index (χ4n) is 1.99. The molecule has 112 valence electrons. The molecule has 1 rings (SSSR count). The summed E-state index contributed by atoms with van der Waals surface area (Å²) >= 11 is 0. The molecule has 0 unspecified atom stereocenters. The second-order valence-electron chi connectivity index (χ2n) is 4.70. The number of hydrogen-bond acceptors (Lipinski definition) is 3. The summed E-state index contributed by atoms with van der Waals surface area (Å²) in [5, 5.41) is 2.91. The number of rotatable bonds is 9. The van der Waals surface area contributed by atoms with Gasteiger partial charge in [0.1, 0.15) is 5.75 Å². The predicted molar refractivity (Wildman–Crippen MR) is 80.2 cm³/mol. The van der Waals surface area contributed by atoms with Gasteiger partial charge in [-0.1, -0.05) is 12.1 Å². The Kier molecular flexibility index (Phi) is 7.73. The lowest BCUT2D eigenvalue weighted by Crippen LogP contribution is -2.25. The lowest BCUT2D eigenvalue weighted by molar-refractivity contribution is -0.121. The van der Waals surface area contributed by atoms with E-state index >= 15 is 0 Å². The SMILES string of the molecule is CCOCCCNC(=O)CCc1ccc(OC)c(C)c1. The van der Waals surface area contributed by atoms with E-state index in [0.29, 0.717) is 19.6 Å². The van der Waals surface area contributed by atoms with Crippen LogP contribution in [0.2, 0.25) is 0 Å². The number of carbonyl (C=O) groups excluding carboxylic acids is 1. The normalized spacial score (nSPS) is 10.3. The second kappa shape index (κ2) is 9.37. The first-order chi connectivity index (χ1) is 9.67. The van der Waals surface area contributed by atoms with E-state index in [2.05, 4.69) is 11.4 Å². The molecule has 0 saturated carbocycles. The molecule has 0 aliphatic carbocycles. The Bertz CT molecular complexity index is 418. The van der Waals surface area contributed by atoms with Gasteiger partial charge in [-0.3, -0.25) is 4.79 Å². The molecule has 4 heteroatoms. The number of ether oxygens (including phenoxy) is 2. The molecule has 0 aromatic heterocycles. The van der Waals surface area contributed by atoms with Gasteiger partial charge in [0.2, 0.25) is 5.91 Å². The Balaban J connectivity index is 2.25. The van der Waals surface area contributed by atoms with E-state index in [-0.39, 0.29) is 5.91 Å². The van der Waals surface area contributed by atoms with Crippen LogP contribution in [-0.4, -0.2) is 32.8 Å². The maximum absolute atomic E-state index is 11.7. The van der Waals surface area contributed by atoms with Crippen LogP contribution in [0.4, 0.5) is 0 Å². The van der Waals surface area contributed by atoms with Gasteiger partial charge in [0.15, 0.2) is 0 Å². The minimum atomic E-state index is 0.0926. The molecule has 0 bridgehead atoms. The standard InChI is InChI=1S/C16H25NO3/c1-4-20-11-5-10-17-16(18)9-7-14-6-8-15(19-3)13(2)12-14/h6,8,12H,4-5,7,9-11H2,1-3H3,(H,17,18). The maximum Gasteiger partial charge on any atom is 0.220 e. The first kappa shape index (κ1) is 16.5. The first-order valence-corrected chi connectivity index (χ1v) is 7.15. The number of carbonyl (C=O) groups is 1. The van der Waals surface area contributed by atoms with Crippen LogP contribution < -0.4 is 10.1 Å². The van der Waals surface area contributed by atoms with Crippen molar-refractivity contribution in [1.82, 2.24) is 5.32 Å². The number of nitrogens with one attached hydrogen (secondary N) is 1. The molecule has 1 N–H and O–H groups in total. The van der Waals surface area contributed by atoms with Crippen LogP contribution >= 0.6 is 0 Å². The van der Waals surface area contributed by atoms with Gasteiger partial charge in [-0.25, -0.2) is 0 Å². The van der Waals surface area contributed by atoms with Crippen LogP contribution in [0, 0.1) is 6.92 Å². The van der Waals surface area contributed by atoms with Crippen LogP contribution in [-0.2, 0) is 16.0 Å². The third-order valence-corrected chi connectivity index (χ3v) is 3.09. The zero-order valence-corrected chi connectivity index (χ0v) is 12.7. The third kappa shape index (κ3) is 6.06. The maximum atomic E-state index is 11.7. The van der Waals surface area contributed by atoms with Crippen molar-refractivity contribution >= 4 is 5.91 Å². The van der Waals surface area contributed by atoms with Crippen molar-refractivity contribution in [2.75, 3.05) is 26.9 Å². The van der Waals surface area contributed by atoms with Crippen molar-refractivity contribution in [1.29, 1.82) is 0 Å². The highest BCUT2D eigenvalue weighted by Gasteiger charge is 2.04. The lowest BCUT2D eigenvalue weighted by Gasteiger charge is -2.08. The highest BCUT2D eigenvalue weighted by atomic mass is 16.5. The fourth-order valence-corrected chi connectivity index (χ4v) is 1.99.